The van der Waals surface area contributed by atoms with Crippen molar-refractivity contribution in [3.05, 3.63) is 64.7 Å². The second kappa shape index (κ2) is 8.89. The number of hydrogen-bond acceptors (Lipinski definition) is 6. The average Bonchev–Trinajstić information content (AvgIpc) is 3.03. The quantitative estimate of drug-likeness (QED) is 0.528. The molecule has 1 N–H and O–H groups in total. The summed E-state index contributed by atoms with van der Waals surface area (Å²) < 4.78 is 29.1. The lowest BCUT2D eigenvalue weighted by atomic mass is 9.92. The third-order valence-electron chi connectivity index (χ3n) is 5.54. The van der Waals surface area contributed by atoms with Gasteiger partial charge in [0.05, 0.1) is 23.6 Å². The Morgan fingerprint density at radius 1 is 1.09 bits per heavy atom. The Balaban J connectivity index is 1.52. The summed E-state index contributed by atoms with van der Waals surface area (Å²) in [7, 11) is 0. The Hall–Kier alpha value is -3.95. The van der Waals surface area contributed by atoms with Gasteiger partial charge in [0.15, 0.2) is 5.78 Å². The van der Waals surface area contributed by atoms with Crippen LogP contribution in [0.3, 0.4) is 0 Å². The number of amides is 3. The van der Waals surface area contributed by atoms with Crippen LogP contribution in [0, 0.1) is 0 Å². The summed E-state index contributed by atoms with van der Waals surface area (Å²) >= 11 is 0. The number of nitrogens with one attached hydrogen (secondary N) is 1. The number of hydrogen-bond donors (Lipinski definition) is 1. The van der Waals surface area contributed by atoms with Crippen molar-refractivity contribution in [2.45, 2.75) is 38.5 Å². The van der Waals surface area contributed by atoms with E-state index in [0.717, 1.165) is 11.0 Å². The molecule has 0 bridgehead atoms. The number of carbonyl (C=O) groups excluding carboxylic acids is 5. The molecule has 170 valence electrons. The SMILES string of the molecule is O=C1CCC(N2C(=O)c3cccc(CNC(=O)c4cccc(OC(F)F)c4)c3C2=O)C(=O)C1. The fourth-order valence-electron chi connectivity index (χ4n) is 4.03. The van der Waals surface area contributed by atoms with E-state index in [1.165, 1.54) is 24.3 Å². The fourth-order valence-corrected chi connectivity index (χ4v) is 4.03. The van der Waals surface area contributed by atoms with Crippen molar-refractivity contribution in [3.63, 3.8) is 0 Å². The van der Waals surface area contributed by atoms with Crippen molar-refractivity contribution in [3.8, 4) is 5.75 Å². The highest BCUT2D eigenvalue weighted by atomic mass is 19.3. The number of halogens is 2. The highest BCUT2D eigenvalue weighted by Gasteiger charge is 2.45. The van der Waals surface area contributed by atoms with E-state index < -0.39 is 36.2 Å². The molecule has 0 radical (unpaired) electrons. The lowest BCUT2D eigenvalue weighted by Crippen LogP contribution is -2.47. The first-order valence-corrected chi connectivity index (χ1v) is 10.1. The van der Waals surface area contributed by atoms with Crippen molar-refractivity contribution in [1.82, 2.24) is 10.2 Å². The maximum absolute atomic E-state index is 13.1. The number of nitrogens with zero attached hydrogens (tertiary/aromatic N) is 1. The van der Waals surface area contributed by atoms with Gasteiger partial charge in [-0.2, -0.15) is 8.78 Å². The fraction of sp³-hybridized carbons (Fsp3) is 0.261. The zero-order chi connectivity index (χ0) is 23.7. The molecule has 2 aliphatic rings. The molecule has 1 heterocycles. The second-order valence-electron chi connectivity index (χ2n) is 7.65. The number of imide groups is 1. The number of ketones is 2. The van der Waals surface area contributed by atoms with E-state index in [1.807, 2.05) is 0 Å². The number of carbonyl (C=O) groups is 5. The Labute approximate surface area is 186 Å². The second-order valence-corrected chi connectivity index (χ2v) is 7.65. The highest BCUT2D eigenvalue weighted by molar-refractivity contribution is 6.24. The van der Waals surface area contributed by atoms with Crippen LogP contribution in [0.2, 0.25) is 0 Å². The molecule has 0 saturated heterocycles. The summed E-state index contributed by atoms with van der Waals surface area (Å²) in [6.07, 6.45) is -0.109. The smallest absolute Gasteiger partial charge is 0.387 e. The van der Waals surface area contributed by atoms with E-state index in [2.05, 4.69) is 10.1 Å². The van der Waals surface area contributed by atoms with Crippen LogP contribution in [0.5, 0.6) is 5.75 Å². The molecule has 33 heavy (non-hydrogen) atoms. The monoisotopic (exact) mass is 456 g/mol. The van der Waals surface area contributed by atoms with Crippen LogP contribution < -0.4 is 10.1 Å². The summed E-state index contributed by atoms with van der Waals surface area (Å²) in [6, 6.07) is 8.83. The van der Waals surface area contributed by atoms with Gasteiger partial charge in [0.25, 0.3) is 17.7 Å². The number of rotatable bonds is 6. The van der Waals surface area contributed by atoms with E-state index in [9.17, 15) is 32.8 Å². The molecular weight excluding hydrogens is 438 g/mol. The lowest BCUT2D eigenvalue weighted by molar-refractivity contribution is -0.132. The Bertz CT molecular complexity index is 1180. The topological polar surface area (TPSA) is 110 Å². The van der Waals surface area contributed by atoms with Crippen molar-refractivity contribution >= 4 is 29.3 Å². The number of benzene rings is 2. The molecule has 1 atom stereocenters. The molecule has 2 aromatic rings. The molecule has 1 unspecified atom stereocenters. The molecule has 0 spiro atoms. The lowest BCUT2D eigenvalue weighted by Gasteiger charge is -2.27. The van der Waals surface area contributed by atoms with Gasteiger partial charge in [0.1, 0.15) is 11.5 Å². The summed E-state index contributed by atoms with van der Waals surface area (Å²) in [4.78, 5) is 63.2. The van der Waals surface area contributed by atoms with E-state index in [1.54, 1.807) is 12.1 Å². The molecule has 1 fully saturated rings. The zero-order valence-electron chi connectivity index (χ0n) is 17.2. The molecule has 10 heteroatoms. The molecule has 2 aromatic carbocycles. The van der Waals surface area contributed by atoms with Gasteiger partial charge in [-0.05, 0) is 36.2 Å². The van der Waals surface area contributed by atoms with E-state index >= 15 is 0 Å². The van der Waals surface area contributed by atoms with Crippen LogP contribution in [0.25, 0.3) is 0 Å². The van der Waals surface area contributed by atoms with E-state index in [4.69, 9.17) is 0 Å². The van der Waals surface area contributed by atoms with Crippen LogP contribution in [-0.2, 0) is 16.1 Å². The van der Waals surface area contributed by atoms with Crippen molar-refractivity contribution < 1.29 is 37.5 Å². The van der Waals surface area contributed by atoms with Gasteiger partial charge in [0, 0.05) is 18.5 Å². The summed E-state index contributed by atoms with van der Waals surface area (Å²) in [5, 5.41) is 2.59. The minimum absolute atomic E-state index is 0.0715. The summed E-state index contributed by atoms with van der Waals surface area (Å²) in [6.45, 7) is -3.15. The van der Waals surface area contributed by atoms with Gasteiger partial charge in [-0.25, -0.2) is 0 Å². The Morgan fingerprint density at radius 3 is 2.58 bits per heavy atom. The number of alkyl halides is 2. The molecule has 8 nitrogen and oxygen atoms in total. The van der Waals surface area contributed by atoms with Gasteiger partial charge in [-0.1, -0.05) is 18.2 Å². The average molecular weight is 456 g/mol. The summed E-state index contributed by atoms with van der Waals surface area (Å²) in [5.74, 6) is -2.74. The highest BCUT2D eigenvalue weighted by Crippen LogP contribution is 2.31. The first kappa shape index (κ1) is 22.3. The molecule has 1 saturated carbocycles. The van der Waals surface area contributed by atoms with Gasteiger partial charge < -0.3 is 10.1 Å². The molecule has 0 aromatic heterocycles. The van der Waals surface area contributed by atoms with Gasteiger partial charge in [0.2, 0.25) is 0 Å². The molecular formula is C23H18F2N2O6. The number of fused-ring (bicyclic) bond motifs is 1. The van der Waals surface area contributed by atoms with Crippen LogP contribution in [0.15, 0.2) is 42.5 Å². The van der Waals surface area contributed by atoms with Crippen molar-refractivity contribution in [2.75, 3.05) is 0 Å². The van der Waals surface area contributed by atoms with Crippen LogP contribution >= 0.6 is 0 Å². The molecule has 1 aliphatic heterocycles. The van der Waals surface area contributed by atoms with Gasteiger partial charge >= 0.3 is 6.61 Å². The molecule has 4 rings (SSSR count). The van der Waals surface area contributed by atoms with E-state index in [0.29, 0.717) is 5.56 Å². The normalized spacial score (nSPS) is 18.0. The Kier molecular flexibility index (Phi) is 5.99. The first-order chi connectivity index (χ1) is 15.8. The minimum Gasteiger partial charge on any atom is -0.435 e. The van der Waals surface area contributed by atoms with Gasteiger partial charge in [-0.3, -0.25) is 28.9 Å². The van der Waals surface area contributed by atoms with Crippen molar-refractivity contribution in [2.24, 2.45) is 0 Å². The van der Waals surface area contributed by atoms with Gasteiger partial charge in [-0.15, -0.1) is 0 Å². The largest absolute Gasteiger partial charge is 0.435 e. The maximum atomic E-state index is 13.1. The number of ether oxygens (including phenoxy) is 1. The van der Waals surface area contributed by atoms with Crippen LogP contribution in [0.4, 0.5) is 8.78 Å². The zero-order valence-corrected chi connectivity index (χ0v) is 17.2. The summed E-state index contributed by atoms with van der Waals surface area (Å²) in [5.41, 5.74) is 0.634. The Morgan fingerprint density at radius 2 is 1.85 bits per heavy atom. The third-order valence-corrected chi connectivity index (χ3v) is 5.54. The van der Waals surface area contributed by atoms with Crippen LogP contribution in [-0.4, -0.2) is 46.8 Å². The standard InChI is InChI=1S/C23H18F2N2O6/c24-23(25)33-15-5-1-3-12(9-15)20(30)26-11-13-4-2-6-16-19(13)22(32)27(21(16)31)17-8-7-14(28)10-18(17)29/h1-6,9,17,23H,7-8,10-11H2,(H,26,30). The first-order valence-electron chi connectivity index (χ1n) is 10.1. The van der Waals surface area contributed by atoms with E-state index in [-0.39, 0.29) is 54.0 Å². The molecule has 1 aliphatic carbocycles. The van der Waals surface area contributed by atoms with Crippen molar-refractivity contribution in [1.29, 1.82) is 0 Å². The maximum Gasteiger partial charge on any atom is 0.387 e. The predicted molar refractivity (Wildman–Crippen MR) is 109 cm³/mol. The molecule has 3 amide bonds. The third kappa shape index (κ3) is 4.36. The van der Waals surface area contributed by atoms with Crippen LogP contribution in [0.1, 0.15) is 55.9 Å². The minimum atomic E-state index is -3.03. The number of Topliss-reactive ketones (excluding diaryl/α,β-unsaturated/α-hetero) is 2. The predicted octanol–water partition coefficient (Wildman–Crippen LogP) is 2.50.